The highest BCUT2D eigenvalue weighted by atomic mass is 16.3. The molecule has 2 N–H and O–H groups in total. The van der Waals surface area contributed by atoms with Crippen LogP contribution in [0.2, 0.25) is 0 Å². The summed E-state index contributed by atoms with van der Waals surface area (Å²) in [6.07, 6.45) is 3.01. The summed E-state index contributed by atoms with van der Waals surface area (Å²) >= 11 is 0. The Balaban J connectivity index is 1.82. The van der Waals surface area contributed by atoms with Crippen molar-refractivity contribution < 1.29 is 9.90 Å². The van der Waals surface area contributed by atoms with Crippen molar-refractivity contribution in [3.63, 3.8) is 0 Å². The van der Waals surface area contributed by atoms with Crippen LogP contribution >= 0.6 is 0 Å². The van der Waals surface area contributed by atoms with E-state index in [1.54, 1.807) is 0 Å². The third kappa shape index (κ3) is 1.09. The van der Waals surface area contributed by atoms with Gasteiger partial charge in [-0.2, -0.15) is 0 Å². The fourth-order valence-electron chi connectivity index (χ4n) is 2.53. The number of carbonyl (C=O) groups excluding carboxylic acids is 1. The lowest BCUT2D eigenvalue weighted by Gasteiger charge is -2.21. The van der Waals surface area contributed by atoms with Crippen molar-refractivity contribution in [1.29, 1.82) is 0 Å². The van der Waals surface area contributed by atoms with Crippen molar-refractivity contribution in [2.75, 3.05) is 6.54 Å². The van der Waals surface area contributed by atoms with Gasteiger partial charge in [0.05, 0.1) is 18.3 Å². The van der Waals surface area contributed by atoms with E-state index in [9.17, 15) is 9.90 Å². The molecule has 3 rings (SSSR count). The number of aliphatic hydroxyl groups is 1. The highest BCUT2D eigenvalue weighted by Gasteiger charge is 2.50. The smallest absolute Gasteiger partial charge is 0.238 e. The maximum atomic E-state index is 11.5. The Morgan fingerprint density at radius 1 is 1.46 bits per heavy atom. The van der Waals surface area contributed by atoms with Crippen LogP contribution in [0.5, 0.6) is 0 Å². The van der Waals surface area contributed by atoms with E-state index in [1.807, 2.05) is 0 Å². The molecule has 2 aliphatic heterocycles. The molecule has 0 aromatic rings. The van der Waals surface area contributed by atoms with Crippen LogP contribution in [0.1, 0.15) is 19.3 Å². The van der Waals surface area contributed by atoms with Gasteiger partial charge in [0.25, 0.3) is 0 Å². The number of amides is 1. The second-order valence-corrected chi connectivity index (χ2v) is 4.39. The summed E-state index contributed by atoms with van der Waals surface area (Å²) in [5.41, 5.74) is 0. The largest absolute Gasteiger partial charge is 0.392 e. The lowest BCUT2D eigenvalue weighted by atomic mass is 10.2. The first-order valence-corrected chi connectivity index (χ1v) is 5.00. The summed E-state index contributed by atoms with van der Waals surface area (Å²) in [6, 6.07) is -0.0411. The second kappa shape index (κ2) is 2.45. The van der Waals surface area contributed by atoms with Crippen LogP contribution in [0.4, 0.5) is 0 Å². The zero-order valence-electron chi connectivity index (χ0n) is 7.44. The Labute approximate surface area is 76.9 Å². The first kappa shape index (κ1) is 7.76. The molecule has 4 heteroatoms. The number of hydrogen-bond acceptors (Lipinski definition) is 3. The first-order valence-electron chi connectivity index (χ1n) is 5.00. The molecule has 0 radical (unpaired) electrons. The molecule has 0 bridgehead atoms. The van der Waals surface area contributed by atoms with Crippen LogP contribution in [0.15, 0.2) is 0 Å². The summed E-state index contributed by atoms with van der Waals surface area (Å²) in [6.45, 7) is 0.671. The Bertz CT molecular complexity index is 252. The highest BCUT2D eigenvalue weighted by molar-refractivity contribution is 5.84. The molecule has 0 spiro atoms. The minimum absolute atomic E-state index is 0.0411. The van der Waals surface area contributed by atoms with E-state index in [-0.39, 0.29) is 24.2 Å². The predicted molar refractivity (Wildman–Crippen MR) is 45.8 cm³/mol. The van der Waals surface area contributed by atoms with Crippen LogP contribution in [-0.4, -0.2) is 40.8 Å². The van der Waals surface area contributed by atoms with Gasteiger partial charge in [-0.05, 0) is 25.2 Å². The van der Waals surface area contributed by atoms with Gasteiger partial charge in [-0.1, -0.05) is 0 Å². The molecule has 3 unspecified atom stereocenters. The van der Waals surface area contributed by atoms with Gasteiger partial charge in [-0.3, -0.25) is 9.69 Å². The maximum Gasteiger partial charge on any atom is 0.238 e. The monoisotopic (exact) mass is 182 g/mol. The predicted octanol–water partition coefficient (Wildman–Crippen LogP) is -0.713. The number of nitrogens with zero attached hydrogens (tertiary/aromatic N) is 1. The molecule has 72 valence electrons. The summed E-state index contributed by atoms with van der Waals surface area (Å²) in [5, 5.41) is 12.5. The summed E-state index contributed by atoms with van der Waals surface area (Å²) in [7, 11) is 0. The van der Waals surface area contributed by atoms with Crippen molar-refractivity contribution in [3.05, 3.63) is 0 Å². The summed E-state index contributed by atoms with van der Waals surface area (Å²) in [5.74, 6) is 0.771. The van der Waals surface area contributed by atoms with Crippen LogP contribution in [0.25, 0.3) is 0 Å². The van der Waals surface area contributed by atoms with E-state index >= 15 is 0 Å². The quantitative estimate of drug-likeness (QED) is 0.563. The highest BCUT2D eigenvalue weighted by Crippen LogP contribution is 2.39. The molecule has 3 fully saturated rings. The van der Waals surface area contributed by atoms with Crippen molar-refractivity contribution in [2.24, 2.45) is 5.92 Å². The van der Waals surface area contributed by atoms with Crippen LogP contribution in [0.3, 0.4) is 0 Å². The molecule has 0 aromatic heterocycles. The van der Waals surface area contributed by atoms with Gasteiger partial charge in [0.1, 0.15) is 0 Å². The molecule has 13 heavy (non-hydrogen) atoms. The third-order valence-corrected chi connectivity index (χ3v) is 3.34. The third-order valence-electron chi connectivity index (χ3n) is 3.34. The SMILES string of the molecule is O=C1NC(C2CC2)N2CC(O)CC12. The summed E-state index contributed by atoms with van der Waals surface area (Å²) in [4.78, 5) is 13.6. The number of rotatable bonds is 1. The molecule has 3 atom stereocenters. The fourth-order valence-corrected chi connectivity index (χ4v) is 2.53. The molecule has 0 aromatic carbocycles. The Kier molecular flexibility index (Phi) is 1.46. The Morgan fingerprint density at radius 2 is 2.23 bits per heavy atom. The van der Waals surface area contributed by atoms with Gasteiger partial charge in [0.15, 0.2) is 0 Å². The number of nitrogens with one attached hydrogen (secondary N) is 1. The molecule has 2 heterocycles. The Hall–Kier alpha value is -0.610. The second-order valence-electron chi connectivity index (χ2n) is 4.39. The maximum absolute atomic E-state index is 11.5. The first-order chi connectivity index (χ1) is 6.25. The topological polar surface area (TPSA) is 52.6 Å². The standard InChI is InChI=1S/C9H14N2O2/c12-6-3-7-9(13)10-8(5-1-2-5)11(7)4-6/h5-8,12H,1-4H2,(H,10,13). The average Bonchev–Trinajstić information content (AvgIpc) is 2.78. The van der Waals surface area contributed by atoms with E-state index in [2.05, 4.69) is 10.2 Å². The molecule has 4 nitrogen and oxygen atoms in total. The van der Waals surface area contributed by atoms with Crippen molar-refractivity contribution >= 4 is 5.91 Å². The normalized spacial score (nSPS) is 45.0. The number of aliphatic hydroxyl groups excluding tert-OH is 1. The fraction of sp³-hybridized carbons (Fsp3) is 0.889. The van der Waals surface area contributed by atoms with Gasteiger partial charge < -0.3 is 10.4 Å². The van der Waals surface area contributed by atoms with Gasteiger partial charge in [-0.15, -0.1) is 0 Å². The minimum Gasteiger partial charge on any atom is -0.392 e. The lowest BCUT2D eigenvalue weighted by Crippen LogP contribution is -2.39. The van der Waals surface area contributed by atoms with Crippen LogP contribution in [-0.2, 0) is 4.79 Å². The van der Waals surface area contributed by atoms with Gasteiger partial charge in [0, 0.05) is 6.54 Å². The molecule has 1 aliphatic carbocycles. The number of fused-ring (bicyclic) bond motifs is 1. The van der Waals surface area contributed by atoms with Gasteiger partial charge >= 0.3 is 0 Å². The van der Waals surface area contributed by atoms with E-state index in [0.29, 0.717) is 18.9 Å². The molecule has 3 aliphatic rings. The zero-order valence-corrected chi connectivity index (χ0v) is 7.44. The molecule has 1 saturated carbocycles. The number of hydrogen-bond donors (Lipinski definition) is 2. The molecule has 2 saturated heterocycles. The lowest BCUT2D eigenvalue weighted by molar-refractivity contribution is -0.121. The van der Waals surface area contributed by atoms with Crippen LogP contribution in [0, 0.1) is 5.92 Å². The van der Waals surface area contributed by atoms with Crippen LogP contribution < -0.4 is 5.32 Å². The summed E-state index contributed by atoms with van der Waals surface area (Å²) < 4.78 is 0. The van der Waals surface area contributed by atoms with E-state index in [0.717, 1.165) is 0 Å². The zero-order chi connectivity index (χ0) is 9.00. The van der Waals surface area contributed by atoms with Crippen molar-refractivity contribution in [2.45, 2.75) is 37.6 Å². The van der Waals surface area contributed by atoms with Crippen molar-refractivity contribution in [1.82, 2.24) is 10.2 Å². The van der Waals surface area contributed by atoms with Crippen molar-refractivity contribution in [3.8, 4) is 0 Å². The van der Waals surface area contributed by atoms with Gasteiger partial charge in [0.2, 0.25) is 5.91 Å². The van der Waals surface area contributed by atoms with E-state index < -0.39 is 0 Å². The average molecular weight is 182 g/mol. The molecular formula is C9H14N2O2. The molecular weight excluding hydrogens is 168 g/mol. The number of carbonyl (C=O) groups is 1. The van der Waals surface area contributed by atoms with E-state index in [1.165, 1.54) is 12.8 Å². The minimum atomic E-state index is -0.294. The Morgan fingerprint density at radius 3 is 2.92 bits per heavy atom. The van der Waals surface area contributed by atoms with E-state index in [4.69, 9.17) is 0 Å². The molecule has 1 amide bonds. The van der Waals surface area contributed by atoms with Gasteiger partial charge in [-0.25, -0.2) is 0 Å².